The molecule has 0 spiro atoms. The maximum Gasteiger partial charge on any atom is 0.340 e. The van der Waals surface area contributed by atoms with E-state index < -0.39 is 11.9 Å². The van der Waals surface area contributed by atoms with Crippen molar-refractivity contribution in [2.75, 3.05) is 6.61 Å². The van der Waals surface area contributed by atoms with Crippen LogP contribution in [0.1, 0.15) is 44.7 Å². The monoisotopic (exact) mass is 484 g/mol. The summed E-state index contributed by atoms with van der Waals surface area (Å²) < 4.78 is 5.28. The van der Waals surface area contributed by atoms with Gasteiger partial charge in [-0.05, 0) is 55.8 Å². The molecule has 0 aliphatic heterocycles. The fourth-order valence-electron chi connectivity index (χ4n) is 4.41. The number of pyridine rings is 1. The van der Waals surface area contributed by atoms with E-state index >= 15 is 0 Å². The van der Waals surface area contributed by atoms with Crippen LogP contribution in [0.25, 0.3) is 33.5 Å². The van der Waals surface area contributed by atoms with E-state index in [2.05, 4.69) is 19.9 Å². The molecule has 4 heterocycles. The molecule has 0 radical (unpaired) electrons. The van der Waals surface area contributed by atoms with Crippen LogP contribution in [-0.2, 0) is 11.2 Å². The molecule has 5 rings (SSSR count). The summed E-state index contributed by atoms with van der Waals surface area (Å²) in [5.74, 6) is -1.47. The number of carbonyl (C=O) groups excluding carboxylic acids is 1. The average Bonchev–Trinajstić information content (AvgIpc) is 3.60. The Labute approximate surface area is 205 Å². The number of rotatable bonds is 7. The molecule has 182 valence electrons. The average molecular weight is 485 g/mol. The second-order valence-electron chi connectivity index (χ2n) is 8.38. The molecular weight excluding hydrogens is 460 g/mol. The Morgan fingerprint density at radius 3 is 2.47 bits per heavy atom. The summed E-state index contributed by atoms with van der Waals surface area (Å²) in [6.07, 6.45) is 2.10. The van der Waals surface area contributed by atoms with Crippen molar-refractivity contribution in [2.45, 2.75) is 20.3 Å². The van der Waals surface area contributed by atoms with Crippen molar-refractivity contribution >= 4 is 23.0 Å². The predicted octanol–water partition coefficient (Wildman–Crippen LogP) is 5.03. The zero-order valence-electron chi connectivity index (χ0n) is 19.7. The minimum Gasteiger partial charge on any atom is -0.505 e. The molecule has 0 amide bonds. The molecule has 0 bridgehead atoms. The second-order valence-corrected chi connectivity index (χ2v) is 8.38. The number of aryl methyl sites for hydroxylation is 1. The predicted molar refractivity (Wildman–Crippen MR) is 134 cm³/mol. The van der Waals surface area contributed by atoms with E-state index in [-0.39, 0.29) is 17.9 Å². The van der Waals surface area contributed by atoms with Gasteiger partial charge >= 0.3 is 11.9 Å². The van der Waals surface area contributed by atoms with Gasteiger partial charge in [0.25, 0.3) is 0 Å². The fourth-order valence-corrected chi connectivity index (χ4v) is 4.41. The number of H-pyrrole nitrogens is 3. The standard InChI is InChI=1S/C27H24N4O5/c1-3-36-27(35)21-14(2)29-25-23(22(21)19-5-4-12-28-19)24(32)20(31-25)13-17-10-11-18(30-17)15-6-8-16(9-7-15)26(33)34/h4-12,28,30,32H,3,13H2,1-2H3,(H,29,31)(H,33,34). The molecule has 0 saturated heterocycles. The number of hydrogen-bond donors (Lipinski definition) is 5. The van der Waals surface area contributed by atoms with Crippen molar-refractivity contribution in [1.29, 1.82) is 0 Å². The maximum absolute atomic E-state index is 12.8. The van der Waals surface area contributed by atoms with Crippen LogP contribution in [0.4, 0.5) is 0 Å². The maximum atomic E-state index is 12.8. The van der Waals surface area contributed by atoms with Crippen molar-refractivity contribution in [1.82, 2.24) is 19.9 Å². The molecule has 9 heteroatoms. The van der Waals surface area contributed by atoms with Gasteiger partial charge in [-0.3, -0.25) is 0 Å². The Hall–Kier alpha value is -4.79. The Morgan fingerprint density at radius 1 is 1.03 bits per heavy atom. The highest BCUT2D eigenvalue weighted by Crippen LogP contribution is 2.40. The third-order valence-corrected chi connectivity index (χ3v) is 6.07. The van der Waals surface area contributed by atoms with E-state index in [9.17, 15) is 14.7 Å². The van der Waals surface area contributed by atoms with E-state index in [1.165, 1.54) is 0 Å². The Kier molecular flexibility index (Phi) is 5.81. The van der Waals surface area contributed by atoms with Gasteiger partial charge in [0.2, 0.25) is 0 Å². The number of ether oxygens (including phenoxy) is 1. The summed E-state index contributed by atoms with van der Waals surface area (Å²) in [6, 6.07) is 14.0. The number of aromatic hydroxyl groups is 1. The van der Waals surface area contributed by atoms with Crippen LogP contribution in [-0.4, -0.2) is 48.7 Å². The molecular formula is C27H24N4O5. The Balaban J connectivity index is 1.55. The smallest absolute Gasteiger partial charge is 0.340 e. The van der Waals surface area contributed by atoms with Crippen molar-refractivity contribution in [3.8, 4) is 28.3 Å². The van der Waals surface area contributed by atoms with Gasteiger partial charge in [-0.1, -0.05) is 12.1 Å². The van der Waals surface area contributed by atoms with Gasteiger partial charge in [0.1, 0.15) is 11.4 Å². The number of nitrogens with zero attached hydrogens (tertiary/aromatic N) is 1. The number of carboxylic acids is 1. The molecule has 0 atom stereocenters. The van der Waals surface area contributed by atoms with Crippen LogP contribution < -0.4 is 0 Å². The molecule has 0 aliphatic rings. The first kappa shape index (κ1) is 23.0. The van der Waals surface area contributed by atoms with Crippen LogP contribution in [0.15, 0.2) is 54.7 Å². The van der Waals surface area contributed by atoms with Gasteiger partial charge in [-0.15, -0.1) is 0 Å². The number of carboxylic acid groups (broad SMARTS) is 1. The van der Waals surface area contributed by atoms with Crippen molar-refractivity contribution < 1.29 is 24.5 Å². The number of aromatic carboxylic acids is 1. The van der Waals surface area contributed by atoms with Crippen LogP contribution in [0.3, 0.4) is 0 Å². The molecule has 4 aromatic heterocycles. The van der Waals surface area contributed by atoms with Gasteiger partial charge in [0.05, 0.1) is 34.5 Å². The lowest BCUT2D eigenvalue weighted by atomic mass is 9.99. The van der Waals surface area contributed by atoms with Gasteiger partial charge < -0.3 is 29.9 Å². The summed E-state index contributed by atoms with van der Waals surface area (Å²) in [7, 11) is 0. The van der Waals surface area contributed by atoms with Gasteiger partial charge in [0.15, 0.2) is 0 Å². The van der Waals surface area contributed by atoms with E-state index in [1.807, 2.05) is 24.3 Å². The minimum atomic E-state index is -0.975. The molecule has 0 saturated carbocycles. The highest BCUT2D eigenvalue weighted by atomic mass is 16.5. The van der Waals surface area contributed by atoms with Gasteiger partial charge in [-0.25, -0.2) is 14.6 Å². The molecule has 5 N–H and O–H groups in total. The Bertz CT molecular complexity index is 1580. The number of nitrogens with one attached hydrogen (secondary N) is 3. The third kappa shape index (κ3) is 4.00. The first-order valence-electron chi connectivity index (χ1n) is 11.4. The zero-order chi connectivity index (χ0) is 25.4. The van der Waals surface area contributed by atoms with Crippen LogP contribution in [0.2, 0.25) is 0 Å². The zero-order valence-corrected chi connectivity index (χ0v) is 19.7. The Morgan fingerprint density at radius 2 is 1.81 bits per heavy atom. The summed E-state index contributed by atoms with van der Waals surface area (Å²) in [6.45, 7) is 3.70. The first-order valence-corrected chi connectivity index (χ1v) is 11.4. The second kappa shape index (κ2) is 9.10. The van der Waals surface area contributed by atoms with Gasteiger partial charge in [-0.2, -0.15) is 0 Å². The number of aromatic amines is 3. The van der Waals surface area contributed by atoms with E-state index in [4.69, 9.17) is 9.84 Å². The molecule has 5 aromatic rings. The molecule has 9 nitrogen and oxygen atoms in total. The molecule has 0 fully saturated rings. The molecule has 36 heavy (non-hydrogen) atoms. The highest BCUT2D eigenvalue weighted by Gasteiger charge is 2.26. The van der Waals surface area contributed by atoms with E-state index in [0.29, 0.717) is 45.7 Å². The van der Waals surface area contributed by atoms with E-state index in [0.717, 1.165) is 17.0 Å². The number of aromatic nitrogens is 4. The fraction of sp³-hybridized carbons (Fsp3) is 0.148. The lowest BCUT2D eigenvalue weighted by Gasteiger charge is -2.12. The molecule has 0 unspecified atom stereocenters. The number of hydrogen-bond acceptors (Lipinski definition) is 5. The van der Waals surface area contributed by atoms with Crippen LogP contribution >= 0.6 is 0 Å². The lowest BCUT2D eigenvalue weighted by molar-refractivity contribution is 0.0525. The normalized spacial score (nSPS) is 11.2. The topological polar surface area (TPSA) is 144 Å². The molecule has 1 aromatic carbocycles. The first-order chi connectivity index (χ1) is 17.4. The molecule has 0 aliphatic carbocycles. The summed E-state index contributed by atoms with van der Waals surface area (Å²) in [5, 5.41) is 20.8. The van der Waals surface area contributed by atoms with Crippen molar-refractivity contribution in [2.24, 2.45) is 0 Å². The van der Waals surface area contributed by atoms with Gasteiger partial charge in [0, 0.05) is 35.3 Å². The summed E-state index contributed by atoms with van der Waals surface area (Å²) >= 11 is 0. The summed E-state index contributed by atoms with van der Waals surface area (Å²) in [5.41, 5.74) is 5.72. The van der Waals surface area contributed by atoms with Crippen molar-refractivity contribution in [3.63, 3.8) is 0 Å². The number of benzene rings is 1. The van der Waals surface area contributed by atoms with Crippen LogP contribution in [0.5, 0.6) is 5.75 Å². The van der Waals surface area contributed by atoms with Crippen LogP contribution in [0, 0.1) is 6.92 Å². The van der Waals surface area contributed by atoms with Crippen molar-refractivity contribution in [3.05, 3.63) is 82.9 Å². The third-order valence-electron chi connectivity index (χ3n) is 6.07. The van der Waals surface area contributed by atoms with E-state index in [1.54, 1.807) is 44.3 Å². The largest absolute Gasteiger partial charge is 0.505 e. The number of carbonyl (C=O) groups is 2. The summed E-state index contributed by atoms with van der Waals surface area (Å²) in [4.78, 5) is 38.1. The lowest BCUT2D eigenvalue weighted by Crippen LogP contribution is -2.10. The quantitative estimate of drug-likeness (QED) is 0.205. The highest BCUT2D eigenvalue weighted by molar-refractivity contribution is 6.09. The minimum absolute atomic E-state index is 0.00890. The SMILES string of the molecule is CCOC(=O)c1c(C)nc2[nH]c(Cc3ccc(-c4ccc(C(=O)O)cc4)[nH]3)c(O)c2c1-c1ccc[nH]1. The number of esters is 1. The number of fused-ring (bicyclic) bond motifs is 1.